The van der Waals surface area contributed by atoms with Crippen molar-refractivity contribution in [3.8, 4) is 0 Å². The molecular formula is C12H19N3O. The third kappa shape index (κ3) is 3.81. The van der Waals surface area contributed by atoms with Crippen LogP contribution in [0.15, 0.2) is 24.3 Å². The Hall–Kier alpha value is -1.71. The van der Waals surface area contributed by atoms with Crippen LogP contribution in [0.2, 0.25) is 0 Å². The molecule has 0 atom stereocenters. The lowest BCUT2D eigenvalue weighted by Crippen LogP contribution is -2.26. The average Bonchev–Trinajstić information content (AvgIpc) is 2.24. The van der Waals surface area contributed by atoms with Crippen molar-refractivity contribution in [2.45, 2.75) is 6.92 Å². The molecule has 0 aromatic heterocycles. The molecule has 0 saturated heterocycles. The zero-order valence-corrected chi connectivity index (χ0v) is 10.1. The van der Waals surface area contributed by atoms with Crippen molar-refractivity contribution >= 4 is 17.3 Å². The van der Waals surface area contributed by atoms with Gasteiger partial charge in [-0.3, -0.25) is 4.79 Å². The minimum absolute atomic E-state index is 0.00250. The van der Waals surface area contributed by atoms with E-state index in [2.05, 4.69) is 21.6 Å². The lowest BCUT2D eigenvalue weighted by Gasteiger charge is -2.18. The highest BCUT2D eigenvalue weighted by molar-refractivity contribution is 5.73. The Morgan fingerprint density at radius 2 is 1.94 bits per heavy atom. The first-order chi connectivity index (χ1) is 7.61. The predicted octanol–water partition coefficient (Wildman–Crippen LogP) is 1.30. The zero-order chi connectivity index (χ0) is 12.0. The van der Waals surface area contributed by atoms with Crippen molar-refractivity contribution in [3.05, 3.63) is 24.3 Å². The Balaban J connectivity index is 2.50. The number of carbonyl (C=O) groups excluding carboxylic acids is 1. The van der Waals surface area contributed by atoms with Gasteiger partial charge in [0.25, 0.3) is 0 Å². The van der Waals surface area contributed by atoms with E-state index in [4.69, 9.17) is 0 Å². The maximum atomic E-state index is 10.7. The second kappa shape index (κ2) is 6.00. The van der Waals surface area contributed by atoms with E-state index in [0.29, 0.717) is 6.54 Å². The molecule has 0 heterocycles. The summed E-state index contributed by atoms with van der Waals surface area (Å²) in [6.07, 6.45) is 0. The highest BCUT2D eigenvalue weighted by Crippen LogP contribution is 2.22. The molecule has 0 bridgehead atoms. The summed E-state index contributed by atoms with van der Waals surface area (Å²) in [7, 11) is 4.02. The van der Waals surface area contributed by atoms with Gasteiger partial charge in [0.05, 0.1) is 11.4 Å². The summed E-state index contributed by atoms with van der Waals surface area (Å²) >= 11 is 0. The zero-order valence-electron chi connectivity index (χ0n) is 10.1. The average molecular weight is 221 g/mol. The minimum Gasteiger partial charge on any atom is -0.382 e. The van der Waals surface area contributed by atoms with Crippen molar-refractivity contribution in [3.63, 3.8) is 0 Å². The van der Waals surface area contributed by atoms with Crippen LogP contribution in [0.5, 0.6) is 0 Å². The predicted molar refractivity (Wildman–Crippen MR) is 67.9 cm³/mol. The lowest BCUT2D eigenvalue weighted by atomic mass is 10.2. The Bertz CT molecular complexity index is 350. The van der Waals surface area contributed by atoms with Gasteiger partial charge in [-0.05, 0) is 12.1 Å². The molecule has 4 nitrogen and oxygen atoms in total. The third-order valence-corrected chi connectivity index (χ3v) is 2.20. The highest BCUT2D eigenvalue weighted by Gasteiger charge is 2.01. The fourth-order valence-corrected chi connectivity index (χ4v) is 1.45. The molecule has 1 aromatic carbocycles. The molecule has 1 rings (SSSR count). The van der Waals surface area contributed by atoms with Crippen LogP contribution in [-0.4, -0.2) is 33.1 Å². The van der Waals surface area contributed by atoms with E-state index in [1.165, 1.54) is 6.92 Å². The van der Waals surface area contributed by atoms with E-state index in [-0.39, 0.29) is 5.91 Å². The number of rotatable bonds is 5. The number of nitrogens with zero attached hydrogens (tertiary/aromatic N) is 1. The second-order valence-electron chi connectivity index (χ2n) is 3.82. The summed E-state index contributed by atoms with van der Waals surface area (Å²) in [6, 6.07) is 8.09. The molecule has 4 heteroatoms. The van der Waals surface area contributed by atoms with Crippen molar-refractivity contribution in [1.29, 1.82) is 0 Å². The number of carbonyl (C=O) groups is 1. The first-order valence-corrected chi connectivity index (χ1v) is 5.36. The lowest BCUT2D eigenvalue weighted by molar-refractivity contribution is -0.118. The quantitative estimate of drug-likeness (QED) is 0.737. The normalized spacial score (nSPS) is 9.69. The first kappa shape index (κ1) is 12.4. The van der Waals surface area contributed by atoms with E-state index in [1.807, 2.05) is 32.3 Å². The van der Waals surface area contributed by atoms with Gasteiger partial charge in [-0.15, -0.1) is 0 Å². The van der Waals surface area contributed by atoms with E-state index in [9.17, 15) is 4.79 Å². The van der Waals surface area contributed by atoms with Gasteiger partial charge in [-0.1, -0.05) is 12.1 Å². The number of para-hydroxylation sites is 2. The van der Waals surface area contributed by atoms with Gasteiger partial charge in [0.2, 0.25) is 5.91 Å². The highest BCUT2D eigenvalue weighted by atomic mass is 16.1. The first-order valence-electron chi connectivity index (χ1n) is 5.36. The molecule has 0 fully saturated rings. The summed E-state index contributed by atoms with van der Waals surface area (Å²) < 4.78 is 0. The molecule has 0 aliphatic rings. The van der Waals surface area contributed by atoms with Gasteiger partial charge in [0.15, 0.2) is 0 Å². The van der Waals surface area contributed by atoms with Crippen LogP contribution >= 0.6 is 0 Å². The van der Waals surface area contributed by atoms with Gasteiger partial charge >= 0.3 is 0 Å². The van der Waals surface area contributed by atoms with Gasteiger partial charge in [0, 0.05) is 34.1 Å². The van der Waals surface area contributed by atoms with Gasteiger partial charge in [-0.25, -0.2) is 0 Å². The van der Waals surface area contributed by atoms with Crippen LogP contribution in [0, 0.1) is 0 Å². The topological polar surface area (TPSA) is 44.4 Å². The molecule has 2 N–H and O–H groups in total. The fourth-order valence-electron chi connectivity index (χ4n) is 1.45. The smallest absolute Gasteiger partial charge is 0.216 e. The minimum atomic E-state index is 0.00250. The van der Waals surface area contributed by atoms with Crippen molar-refractivity contribution in [2.75, 3.05) is 37.4 Å². The molecule has 0 saturated carbocycles. The van der Waals surface area contributed by atoms with Gasteiger partial charge in [-0.2, -0.15) is 0 Å². The van der Waals surface area contributed by atoms with Crippen LogP contribution in [0.1, 0.15) is 6.92 Å². The molecule has 0 aliphatic heterocycles. The molecule has 1 aromatic rings. The van der Waals surface area contributed by atoms with Crippen molar-refractivity contribution < 1.29 is 4.79 Å². The maximum Gasteiger partial charge on any atom is 0.216 e. The molecule has 1 amide bonds. The number of benzene rings is 1. The van der Waals surface area contributed by atoms with E-state index >= 15 is 0 Å². The van der Waals surface area contributed by atoms with Crippen molar-refractivity contribution in [2.24, 2.45) is 0 Å². The third-order valence-electron chi connectivity index (χ3n) is 2.20. The summed E-state index contributed by atoms with van der Waals surface area (Å²) in [4.78, 5) is 12.7. The van der Waals surface area contributed by atoms with Crippen molar-refractivity contribution in [1.82, 2.24) is 5.32 Å². The number of amides is 1. The Labute approximate surface area is 96.6 Å². The largest absolute Gasteiger partial charge is 0.382 e. The SMILES string of the molecule is CC(=O)NCCNc1ccccc1N(C)C. The molecule has 0 radical (unpaired) electrons. The summed E-state index contributed by atoms with van der Waals surface area (Å²) in [5.41, 5.74) is 2.23. The summed E-state index contributed by atoms with van der Waals surface area (Å²) in [6.45, 7) is 2.88. The second-order valence-corrected chi connectivity index (χ2v) is 3.82. The number of anilines is 2. The van der Waals surface area contributed by atoms with Gasteiger partial charge in [0.1, 0.15) is 0 Å². The Morgan fingerprint density at radius 3 is 2.56 bits per heavy atom. The van der Waals surface area contributed by atoms with E-state index < -0.39 is 0 Å². The molecule has 0 spiro atoms. The van der Waals surface area contributed by atoms with E-state index in [1.54, 1.807) is 0 Å². The Morgan fingerprint density at radius 1 is 1.25 bits per heavy atom. The molecule has 88 valence electrons. The molecule has 0 aliphatic carbocycles. The maximum absolute atomic E-state index is 10.7. The van der Waals surface area contributed by atoms with E-state index in [0.717, 1.165) is 17.9 Å². The van der Waals surface area contributed by atoms with Crippen LogP contribution in [0.4, 0.5) is 11.4 Å². The number of nitrogens with one attached hydrogen (secondary N) is 2. The summed E-state index contributed by atoms with van der Waals surface area (Å²) in [5, 5.41) is 6.04. The molecule has 0 unspecified atom stereocenters. The fraction of sp³-hybridized carbons (Fsp3) is 0.417. The summed E-state index contributed by atoms with van der Waals surface area (Å²) in [5.74, 6) is 0.00250. The number of hydrogen-bond donors (Lipinski definition) is 2. The standard InChI is InChI=1S/C12H19N3O/c1-10(16)13-8-9-14-11-6-4-5-7-12(11)15(2)3/h4-7,14H,8-9H2,1-3H3,(H,13,16). The van der Waals surface area contributed by atoms with Crippen LogP contribution in [-0.2, 0) is 4.79 Å². The van der Waals surface area contributed by atoms with Crippen LogP contribution in [0.3, 0.4) is 0 Å². The molecular weight excluding hydrogens is 202 g/mol. The van der Waals surface area contributed by atoms with Gasteiger partial charge < -0.3 is 15.5 Å². The van der Waals surface area contributed by atoms with Crippen LogP contribution in [0.25, 0.3) is 0 Å². The molecule has 16 heavy (non-hydrogen) atoms. The van der Waals surface area contributed by atoms with Crippen LogP contribution < -0.4 is 15.5 Å². The Kier molecular flexibility index (Phi) is 4.64. The monoisotopic (exact) mass is 221 g/mol. The number of hydrogen-bond acceptors (Lipinski definition) is 3.